The fourth-order valence-electron chi connectivity index (χ4n) is 5.61. The molecule has 0 aromatic carbocycles. The number of fused-ring (bicyclic) bond motifs is 3. The summed E-state index contributed by atoms with van der Waals surface area (Å²) in [7, 11) is 5.24. The first-order valence-corrected chi connectivity index (χ1v) is 11.8. The molecule has 2 bridgehead atoms. The molecule has 2 fully saturated rings. The number of thiophene rings is 1. The van der Waals surface area contributed by atoms with Crippen LogP contribution in [0.1, 0.15) is 58.6 Å². The molecule has 5 rings (SSSR count). The molecule has 1 amide bonds. The highest BCUT2D eigenvalue weighted by molar-refractivity contribution is 7.20. The van der Waals surface area contributed by atoms with Crippen molar-refractivity contribution >= 4 is 27.5 Å². The summed E-state index contributed by atoms with van der Waals surface area (Å²) in [5.41, 5.74) is 3.09. The zero-order valence-corrected chi connectivity index (χ0v) is 19.8. The highest BCUT2D eigenvalue weighted by Crippen LogP contribution is 2.59. The van der Waals surface area contributed by atoms with Gasteiger partial charge in [0.15, 0.2) is 0 Å². The van der Waals surface area contributed by atoms with Gasteiger partial charge in [0.25, 0.3) is 5.91 Å². The molecule has 168 valence electrons. The summed E-state index contributed by atoms with van der Waals surface area (Å²) < 4.78 is 11.1. The highest BCUT2D eigenvalue weighted by Gasteiger charge is 2.56. The Morgan fingerprint density at radius 2 is 1.97 bits per heavy atom. The Morgan fingerprint density at radius 1 is 1.19 bits per heavy atom. The zero-order valence-electron chi connectivity index (χ0n) is 19.0. The van der Waals surface area contributed by atoms with E-state index < -0.39 is 0 Å². The molecule has 0 radical (unpaired) electrons. The van der Waals surface area contributed by atoms with Gasteiger partial charge in [0.05, 0.1) is 23.3 Å². The second-order valence-corrected chi connectivity index (χ2v) is 10.2. The van der Waals surface area contributed by atoms with Gasteiger partial charge >= 0.3 is 0 Å². The number of aromatic nitrogens is 3. The number of carbonyl (C=O) groups excluding carboxylic acids is 1. The Bertz CT molecular complexity index is 1180. The smallest absolute Gasteiger partial charge is 0.264 e. The van der Waals surface area contributed by atoms with Gasteiger partial charge in [-0.1, -0.05) is 0 Å². The van der Waals surface area contributed by atoms with Gasteiger partial charge in [0.2, 0.25) is 5.88 Å². The number of hydrogen-bond acceptors (Lipinski definition) is 7. The monoisotopic (exact) mass is 452 g/mol. The van der Waals surface area contributed by atoms with Crippen molar-refractivity contribution in [3.05, 3.63) is 46.4 Å². The molecule has 2 aliphatic rings. The maximum absolute atomic E-state index is 13.4. The van der Waals surface area contributed by atoms with Crippen LogP contribution in [0.5, 0.6) is 5.88 Å². The fraction of sp³-hybridized carbons (Fsp3) is 0.500. The molecule has 2 aliphatic carbocycles. The summed E-state index contributed by atoms with van der Waals surface area (Å²) in [5, 5.41) is 1.06. The lowest BCUT2D eigenvalue weighted by Gasteiger charge is -2.27. The molecular formula is C24H28N4O3S. The Hall–Kier alpha value is -2.58. The Balaban J connectivity index is 1.48. The van der Waals surface area contributed by atoms with Gasteiger partial charge in [-0.05, 0) is 56.2 Å². The molecule has 32 heavy (non-hydrogen) atoms. The van der Waals surface area contributed by atoms with Crippen molar-refractivity contribution in [1.29, 1.82) is 0 Å². The van der Waals surface area contributed by atoms with Crippen molar-refractivity contribution in [1.82, 2.24) is 19.9 Å². The molecule has 3 aromatic rings. The molecule has 0 unspecified atom stereocenters. The van der Waals surface area contributed by atoms with Crippen LogP contribution in [0.2, 0.25) is 0 Å². The summed E-state index contributed by atoms with van der Waals surface area (Å²) in [4.78, 5) is 30.2. The van der Waals surface area contributed by atoms with Crippen LogP contribution in [0.4, 0.5) is 0 Å². The first-order valence-electron chi connectivity index (χ1n) is 10.9. The van der Waals surface area contributed by atoms with Crippen molar-refractivity contribution in [2.75, 3.05) is 21.3 Å². The van der Waals surface area contributed by atoms with E-state index in [4.69, 9.17) is 14.5 Å². The average molecular weight is 453 g/mol. The minimum atomic E-state index is -0.00827. The van der Waals surface area contributed by atoms with Crippen LogP contribution in [0, 0.1) is 6.92 Å². The predicted octanol–water partition coefficient (Wildman–Crippen LogP) is 4.28. The number of hydrogen-bond donors (Lipinski definition) is 0. The van der Waals surface area contributed by atoms with Crippen molar-refractivity contribution in [2.24, 2.45) is 0 Å². The van der Waals surface area contributed by atoms with Crippen LogP contribution < -0.4 is 4.74 Å². The normalized spacial score (nSPS) is 24.2. The SMILES string of the molecule is COc1cc(CN(C)C(=O)c2sc3ncnc(C45CCC(OC)(CC4)C5)c3c2C)ccn1. The van der Waals surface area contributed by atoms with E-state index in [1.807, 2.05) is 33.2 Å². The maximum atomic E-state index is 13.4. The molecule has 3 aromatic heterocycles. The van der Waals surface area contributed by atoms with Gasteiger partial charge in [-0.3, -0.25) is 4.79 Å². The number of methoxy groups -OCH3 is 2. The molecule has 0 saturated heterocycles. The fourth-order valence-corrected chi connectivity index (χ4v) is 6.75. The Labute approximate surface area is 191 Å². The lowest BCUT2D eigenvalue weighted by Crippen LogP contribution is -2.26. The predicted molar refractivity (Wildman–Crippen MR) is 123 cm³/mol. The first-order chi connectivity index (χ1) is 15.4. The number of nitrogens with zero attached hydrogens (tertiary/aromatic N) is 4. The van der Waals surface area contributed by atoms with E-state index in [-0.39, 0.29) is 16.9 Å². The Kier molecular flexibility index (Phi) is 5.17. The van der Waals surface area contributed by atoms with Crippen molar-refractivity contribution in [2.45, 2.75) is 56.6 Å². The van der Waals surface area contributed by atoms with Crippen LogP contribution >= 0.6 is 11.3 Å². The molecular weight excluding hydrogens is 424 g/mol. The number of ether oxygens (including phenoxy) is 2. The van der Waals surface area contributed by atoms with Gasteiger partial charge in [0.1, 0.15) is 11.2 Å². The topological polar surface area (TPSA) is 77.4 Å². The van der Waals surface area contributed by atoms with Gasteiger partial charge in [0, 0.05) is 43.8 Å². The van der Waals surface area contributed by atoms with Gasteiger partial charge in [-0.25, -0.2) is 15.0 Å². The molecule has 0 N–H and O–H groups in total. The van der Waals surface area contributed by atoms with Gasteiger partial charge < -0.3 is 14.4 Å². The van der Waals surface area contributed by atoms with E-state index >= 15 is 0 Å². The third kappa shape index (κ3) is 3.28. The number of rotatable bonds is 6. The minimum absolute atomic E-state index is 0.00573. The molecule has 0 spiro atoms. The molecule has 2 saturated carbocycles. The lowest BCUT2D eigenvalue weighted by molar-refractivity contribution is -0.000308. The van der Waals surface area contributed by atoms with E-state index in [0.717, 1.165) is 64.0 Å². The number of amides is 1. The van der Waals surface area contributed by atoms with E-state index in [1.165, 1.54) is 11.3 Å². The van der Waals surface area contributed by atoms with Crippen LogP contribution in [0.3, 0.4) is 0 Å². The largest absolute Gasteiger partial charge is 0.481 e. The van der Waals surface area contributed by atoms with E-state index in [0.29, 0.717) is 12.4 Å². The van der Waals surface area contributed by atoms with Crippen molar-refractivity contribution in [3.63, 3.8) is 0 Å². The second-order valence-electron chi connectivity index (χ2n) is 9.17. The van der Waals surface area contributed by atoms with Crippen LogP contribution in [-0.4, -0.2) is 52.6 Å². The van der Waals surface area contributed by atoms with Crippen molar-refractivity contribution < 1.29 is 14.3 Å². The van der Waals surface area contributed by atoms with Crippen LogP contribution in [0.25, 0.3) is 10.2 Å². The van der Waals surface area contributed by atoms with Crippen molar-refractivity contribution in [3.8, 4) is 5.88 Å². The van der Waals surface area contributed by atoms with Gasteiger partial charge in [-0.15, -0.1) is 11.3 Å². The van der Waals surface area contributed by atoms with Crippen LogP contribution in [-0.2, 0) is 16.7 Å². The zero-order chi connectivity index (χ0) is 22.5. The summed E-state index contributed by atoms with van der Waals surface area (Å²) in [6, 6.07) is 3.75. The van der Waals surface area contributed by atoms with E-state index in [9.17, 15) is 4.79 Å². The maximum Gasteiger partial charge on any atom is 0.264 e. The summed E-state index contributed by atoms with van der Waals surface area (Å²) >= 11 is 1.47. The molecule has 0 aliphatic heterocycles. The number of pyridine rings is 1. The minimum Gasteiger partial charge on any atom is -0.481 e. The first kappa shape index (κ1) is 21.3. The third-order valence-corrected chi connectivity index (χ3v) is 8.60. The Morgan fingerprint density at radius 3 is 2.66 bits per heavy atom. The second kappa shape index (κ2) is 7.78. The highest BCUT2D eigenvalue weighted by atomic mass is 32.1. The number of carbonyl (C=O) groups is 1. The standard InChI is InChI=1S/C24H28N4O3S/c1-15-18-20(23-6-8-24(13-23,31-4)9-7-23)26-14-27-21(18)32-19(15)22(29)28(2)12-16-5-10-25-17(11-16)30-3/h5,10-11,14H,6-9,12-13H2,1-4H3. The number of aryl methyl sites for hydroxylation is 1. The summed E-state index contributed by atoms with van der Waals surface area (Å²) in [6.45, 7) is 2.51. The lowest BCUT2D eigenvalue weighted by atomic mass is 9.79. The van der Waals surface area contributed by atoms with Gasteiger partial charge in [-0.2, -0.15) is 0 Å². The summed E-state index contributed by atoms with van der Waals surface area (Å²) in [5.74, 6) is 0.537. The molecule has 7 nitrogen and oxygen atoms in total. The van der Waals surface area contributed by atoms with E-state index in [2.05, 4.69) is 9.97 Å². The third-order valence-electron chi connectivity index (χ3n) is 7.41. The van der Waals surface area contributed by atoms with Crippen LogP contribution in [0.15, 0.2) is 24.7 Å². The quantitative estimate of drug-likeness (QED) is 0.556. The summed E-state index contributed by atoms with van der Waals surface area (Å²) in [6.07, 6.45) is 8.66. The molecule has 3 heterocycles. The molecule has 0 atom stereocenters. The average Bonchev–Trinajstić information content (AvgIpc) is 3.50. The van der Waals surface area contributed by atoms with E-state index in [1.54, 1.807) is 24.5 Å². The molecule has 8 heteroatoms.